The molecule has 0 aliphatic heterocycles. The average molecular weight is 245 g/mol. The van der Waals surface area contributed by atoms with Crippen molar-refractivity contribution < 1.29 is 9.05 Å². The topological polar surface area (TPSA) is 128 Å². The van der Waals surface area contributed by atoms with Crippen LogP contribution < -0.4 is 11.2 Å². The molecule has 3 aromatic heterocycles. The van der Waals surface area contributed by atoms with E-state index >= 15 is 0 Å². The van der Waals surface area contributed by atoms with Crippen LogP contribution in [0.2, 0.25) is 0 Å². The first-order chi connectivity index (χ1) is 8.83. The quantitative estimate of drug-likeness (QED) is 0.508. The largest absolute Gasteiger partial charge is 0.463 e. The Morgan fingerprint density at radius 3 is 2.89 bits per heavy atom. The van der Waals surface area contributed by atoms with Gasteiger partial charge in [0.15, 0.2) is 11.6 Å². The molecule has 3 rings (SSSR count). The number of aromatic nitrogens is 4. The number of hydrogen-bond acceptors (Lipinski definition) is 9. The van der Waals surface area contributed by atoms with E-state index < -0.39 is 0 Å². The standard InChI is InChI=1S/C9H7N7O2/c10-6-7(13-9-8(12-6)15-18-16-9)14-11-4-5-2-1-3-17-5/h1-4H,(H2,10,12,15)(H,13,14,16). The molecule has 0 atom stereocenters. The third-order valence-corrected chi connectivity index (χ3v) is 2.05. The highest BCUT2D eigenvalue weighted by Gasteiger charge is 2.09. The highest BCUT2D eigenvalue weighted by atomic mass is 16.6. The summed E-state index contributed by atoms with van der Waals surface area (Å²) in [6.07, 6.45) is 3.02. The van der Waals surface area contributed by atoms with Crippen molar-refractivity contribution in [1.82, 2.24) is 20.3 Å². The summed E-state index contributed by atoms with van der Waals surface area (Å²) in [6, 6.07) is 3.51. The third-order valence-electron chi connectivity index (χ3n) is 2.05. The fourth-order valence-corrected chi connectivity index (χ4v) is 1.25. The average Bonchev–Trinajstić information content (AvgIpc) is 3.00. The van der Waals surface area contributed by atoms with Crippen LogP contribution in [-0.2, 0) is 0 Å². The summed E-state index contributed by atoms with van der Waals surface area (Å²) in [4.78, 5) is 7.98. The lowest BCUT2D eigenvalue weighted by molar-refractivity contribution is 0.314. The van der Waals surface area contributed by atoms with E-state index in [-0.39, 0.29) is 22.9 Å². The predicted octanol–water partition coefficient (Wildman–Crippen LogP) is 0.634. The second-order valence-corrected chi connectivity index (χ2v) is 3.25. The van der Waals surface area contributed by atoms with Crippen molar-refractivity contribution in [3.8, 4) is 0 Å². The molecule has 3 aromatic rings. The summed E-state index contributed by atoms with van der Waals surface area (Å²) in [7, 11) is 0. The van der Waals surface area contributed by atoms with E-state index in [0.29, 0.717) is 5.76 Å². The summed E-state index contributed by atoms with van der Waals surface area (Å²) >= 11 is 0. The normalized spacial score (nSPS) is 11.3. The van der Waals surface area contributed by atoms with Gasteiger partial charge in [-0.25, -0.2) is 9.61 Å². The molecule has 0 radical (unpaired) electrons. The minimum absolute atomic E-state index is 0.148. The van der Waals surface area contributed by atoms with Crippen molar-refractivity contribution in [2.75, 3.05) is 11.2 Å². The second kappa shape index (κ2) is 4.13. The maximum Gasteiger partial charge on any atom is 0.245 e. The van der Waals surface area contributed by atoms with Crippen LogP contribution in [0.15, 0.2) is 32.5 Å². The lowest BCUT2D eigenvalue weighted by atomic mass is 10.5. The van der Waals surface area contributed by atoms with Crippen LogP contribution in [-0.4, -0.2) is 26.5 Å². The SMILES string of the molecule is Nc1nc2nonc2nc1NN=Cc1ccco1. The van der Waals surface area contributed by atoms with Gasteiger partial charge in [0.25, 0.3) is 0 Å². The van der Waals surface area contributed by atoms with E-state index in [2.05, 4.69) is 35.4 Å². The molecule has 18 heavy (non-hydrogen) atoms. The fourth-order valence-electron chi connectivity index (χ4n) is 1.25. The highest BCUT2D eigenvalue weighted by molar-refractivity contribution is 5.77. The van der Waals surface area contributed by atoms with Crippen LogP contribution in [0.4, 0.5) is 11.6 Å². The number of furan rings is 1. The Bertz CT molecular complexity index is 688. The Balaban J connectivity index is 1.83. The molecule has 0 aliphatic rings. The second-order valence-electron chi connectivity index (χ2n) is 3.25. The van der Waals surface area contributed by atoms with Crippen molar-refractivity contribution in [3.05, 3.63) is 24.2 Å². The molecule has 0 saturated heterocycles. The molecule has 0 aliphatic carbocycles. The Morgan fingerprint density at radius 1 is 1.28 bits per heavy atom. The Kier molecular flexibility index (Phi) is 2.34. The summed E-state index contributed by atoms with van der Waals surface area (Å²) in [5.41, 5.74) is 8.79. The first-order valence-corrected chi connectivity index (χ1v) is 4.91. The van der Waals surface area contributed by atoms with Gasteiger partial charge in [0.05, 0.1) is 12.5 Å². The molecule has 0 fully saturated rings. The van der Waals surface area contributed by atoms with E-state index in [1.807, 2.05) is 0 Å². The number of nitrogens with one attached hydrogen (secondary N) is 1. The molecule has 3 heterocycles. The predicted molar refractivity (Wildman–Crippen MR) is 61.7 cm³/mol. The van der Waals surface area contributed by atoms with Crippen molar-refractivity contribution in [2.45, 2.75) is 0 Å². The highest BCUT2D eigenvalue weighted by Crippen LogP contribution is 2.15. The van der Waals surface area contributed by atoms with E-state index in [1.54, 1.807) is 18.4 Å². The van der Waals surface area contributed by atoms with Gasteiger partial charge in [0, 0.05) is 0 Å². The molecule has 0 saturated carbocycles. The number of nitrogen functional groups attached to an aromatic ring is 1. The minimum atomic E-state index is 0.148. The summed E-state index contributed by atoms with van der Waals surface area (Å²) in [5, 5.41) is 11.0. The zero-order chi connectivity index (χ0) is 12.4. The summed E-state index contributed by atoms with van der Waals surface area (Å²) in [6.45, 7) is 0. The van der Waals surface area contributed by atoms with Crippen LogP contribution in [0.1, 0.15) is 5.76 Å². The smallest absolute Gasteiger partial charge is 0.245 e. The zero-order valence-electron chi connectivity index (χ0n) is 8.94. The molecule has 0 bridgehead atoms. The van der Waals surface area contributed by atoms with Gasteiger partial charge in [-0.3, -0.25) is 5.43 Å². The number of rotatable bonds is 3. The molecule has 90 valence electrons. The number of hydrogen-bond donors (Lipinski definition) is 2. The van der Waals surface area contributed by atoms with E-state index in [1.165, 1.54) is 6.21 Å². The lowest BCUT2D eigenvalue weighted by Crippen LogP contribution is -2.02. The van der Waals surface area contributed by atoms with E-state index in [0.717, 1.165) is 0 Å². The third kappa shape index (κ3) is 1.84. The van der Waals surface area contributed by atoms with Gasteiger partial charge in [-0.15, -0.1) is 0 Å². The molecular weight excluding hydrogens is 238 g/mol. The monoisotopic (exact) mass is 245 g/mol. The minimum Gasteiger partial charge on any atom is -0.463 e. The van der Waals surface area contributed by atoms with Crippen molar-refractivity contribution in [1.29, 1.82) is 0 Å². The van der Waals surface area contributed by atoms with Gasteiger partial charge in [-0.1, -0.05) is 0 Å². The summed E-state index contributed by atoms with van der Waals surface area (Å²) in [5.74, 6) is 1.01. The molecule has 9 heteroatoms. The molecule has 9 nitrogen and oxygen atoms in total. The lowest BCUT2D eigenvalue weighted by Gasteiger charge is -2.00. The van der Waals surface area contributed by atoms with Gasteiger partial charge >= 0.3 is 0 Å². The van der Waals surface area contributed by atoms with E-state index in [4.69, 9.17) is 10.2 Å². The van der Waals surface area contributed by atoms with Gasteiger partial charge in [0.2, 0.25) is 11.3 Å². The Labute approximate surface area is 99.7 Å². The maximum absolute atomic E-state index is 5.66. The number of nitrogens with two attached hydrogens (primary N) is 1. The Hall–Kier alpha value is -2.97. The first-order valence-electron chi connectivity index (χ1n) is 4.91. The molecular formula is C9H7N7O2. The molecule has 3 N–H and O–H groups in total. The molecule has 0 aromatic carbocycles. The van der Waals surface area contributed by atoms with E-state index in [9.17, 15) is 0 Å². The van der Waals surface area contributed by atoms with Crippen LogP contribution in [0.5, 0.6) is 0 Å². The fraction of sp³-hybridized carbons (Fsp3) is 0. The molecule has 0 amide bonds. The van der Waals surface area contributed by atoms with Crippen molar-refractivity contribution in [2.24, 2.45) is 5.10 Å². The van der Waals surface area contributed by atoms with Gasteiger partial charge in [-0.05, 0) is 22.4 Å². The van der Waals surface area contributed by atoms with Gasteiger partial charge in [0.1, 0.15) is 5.76 Å². The van der Waals surface area contributed by atoms with Crippen LogP contribution in [0.3, 0.4) is 0 Å². The van der Waals surface area contributed by atoms with Crippen molar-refractivity contribution >= 4 is 29.1 Å². The Morgan fingerprint density at radius 2 is 2.11 bits per heavy atom. The summed E-state index contributed by atoms with van der Waals surface area (Å²) < 4.78 is 9.54. The number of anilines is 2. The van der Waals surface area contributed by atoms with Crippen LogP contribution in [0, 0.1) is 0 Å². The zero-order valence-corrected chi connectivity index (χ0v) is 8.94. The number of hydrazone groups is 1. The van der Waals surface area contributed by atoms with Crippen LogP contribution in [0.25, 0.3) is 11.3 Å². The van der Waals surface area contributed by atoms with Gasteiger partial charge < -0.3 is 10.2 Å². The molecule has 0 unspecified atom stereocenters. The van der Waals surface area contributed by atoms with Crippen LogP contribution >= 0.6 is 0 Å². The molecule has 0 spiro atoms. The van der Waals surface area contributed by atoms with Gasteiger partial charge in [-0.2, -0.15) is 10.1 Å². The number of fused-ring (bicyclic) bond motifs is 1. The number of nitrogens with zero attached hydrogens (tertiary/aromatic N) is 5. The maximum atomic E-state index is 5.66. The van der Waals surface area contributed by atoms with Crippen molar-refractivity contribution in [3.63, 3.8) is 0 Å². The first kappa shape index (κ1) is 10.2.